The summed E-state index contributed by atoms with van der Waals surface area (Å²) in [5.74, 6) is 0.978. The van der Waals surface area contributed by atoms with Gasteiger partial charge in [0.15, 0.2) is 0 Å². The van der Waals surface area contributed by atoms with Gasteiger partial charge in [0.2, 0.25) is 0 Å². The number of nitrogens with zero attached hydrogens (tertiary/aromatic N) is 5. The second-order valence-corrected chi connectivity index (χ2v) is 9.28. The molecule has 160 valence electrons. The molecule has 0 N–H and O–H groups in total. The highest BCUT2D eigenvalue weighted by Gasteiger charge is 2.29. The zero-order valence-corrected chi connectivity index (χ0v) is 18.7. The Morgan fingerprint density at radius 2 is 1.81 bits per heavy atom. The first-order valence-corrected chi connectivity index (χ1v) is 11.2. The highest BCUT2D eigenvalue weighted by atomic mass is 35.5. The van der Waals surface area contributed by atoms with Gasteiger partial charge in [-0.1, -0.05) is 23.7 Å². The lowest BCUT2D eigenvalue weighted by Gasteiger charge is -2.21. The minimum atomic E-state index is -3.99. The molecule has 0 fully saturated rings. The van der Waals surface area contributed by atoms with Gasteiger partial charge in [-0.3, -0.25) is 0 Å². The quantitative estimate of drug-likeness (QED) is 0.437. The summed E-state index contributed by atoms with van der Waals surface area (Å²) in [6.07, 6.45) is 0. The van der Waals surface area contributed by atoms with Crippen LogP contribution in [0.2, 0.25) is 5.02 Å². The first-order valence-electron chi connectivity index (χ1n) is 9.40. The van der Waals surface area contributed by atoms with Gasteiger partial charge in [-0.2, -0.15) is 9.50 Å². The third-order valence-corrected chi connectivity index (χ3v) is 6.68. The van der Waals surface area contributed by atoms with E-state index < -0.39 is 10.0 Å². The predicted molar refractivity (Wildman–Crippen MR) is 118 cm³/mol. The predicted octanol–water partition coefficient (Wildman–Crippen LogP) is 3.80. The molecule has 8 nitrogen and oxygen atoms in total. The van der Waals surface area contributed by atoms with Crippen LogP contribution in [0.5, 0.6) is 5.75 Å². The minimum Gasteiger partial charge on any atom is -0.497 e. The van der Waals surface area contributed by atoms with E-state index in [1.54, 1.807) is 25.3 Å². The van der Waals surface area contributed by atoms with Gasteiger partial charge < -0.3 is 4.74 Å². The normalized spacial score (nSPS) is 11.6. The lowest BCUT2D eigenvalue weighted by atomic mass is 10.2. The fourth-order valence-corrected chi connectivity index (χ4v) is 4.67. The Hall–Kier alpha value is -3.17. The summed E-state index contributed by atoms with van der Waals surface area (Å²) < 4.78 is 35.1. The number of methoxy groups -OCH3 is 1. The average Bonchev–Trinajstić information content (AvgIpc) is 3.16. The number of halogens is 1. The molecule has 0 aliphatic carbocycles. The molecular weight excluding hydrogens is 438 g/mol. The van der Waals surface area contributed by atoms with Crippen LogP contribution in [0.3, 0.4) is 0 Å². The standard InChI is InChI=1S/C21H20ClN5O3S/c1-14-11-15(2)27-20(23-14)24-21(25-27)26(13-16-5-4-6-18(12-16)30-3)31(28,29)19-9-7-17(22)8-10-19/h4-12H,13H2,1-3H3. The van der Waals surface area contributed by atoms with E-state index in [4.69, 9.17) is 16.3 Å². The van der Waals surface area contributed by atoms with Gasteiger partial charge in [0.25, 0.3) is 21.7 Å². The molecule has 0 radical (unpaired) electrons. The van der Waals surface area contributed by atoms with Crippen LogP contribution < -0.4 is 9.04 Å². The van der Waals surface area contributed by atoms with Crippen molar-refractivity contribution in [3.05, 3.63) is 76.6 Å². The Morgan fingerprint density at radius 1 is 1.06 bits per heavy atom. The number of fused-ring (bicyclic) bond motifs is 1. The Bertz CT molecular complexity index is 1350. The third kappa shape index (κ3) is 4.19. The molecule has 2 aromatic heterocycles. The topological polar surface area (TPSA) is 89.7 Å². The Morgan fingerprint density at radius 3 is 2.52 bits per heavy atom. The van der Waals surface area contributed by atoms with Crippen LogP contribution in [0.15, 0.2) is 59.5 Å². The number of benzene rings is 2. The first-order chi connectivity index (χ1) is 14.8. The van der Waals surface area contributed by atoms with Crippen molar-refractivity contribution < 1.29 is 13.2 Å². The second-order valence-electron chi connectivity index (χ2n) is 6.98. The number of sulfonamides is 1. The molecule has 0 unspecified atom stereocenters. The number of rotatable bonds is 6. The van der Waals surface area contributed by atoms with E-state index in [2.05, 4.69) is 15.1 Å². The highest BCUT2D eigenvalue weighted by Crippen LogP contribution is 2.26. The molecule has 0 bridgehead atoms. The van der Waals surface area contributed by atoms with Crippen LogP contribution in [0.4, 0.5) is 5.95 Å². The van der Waals surface area contributed by atoms with Gasteiger partial charge in [-0.15, -0.1) is 5.10 Å². The Kier molecular flexibility index (Phi) is 5.55. The molecule has 4 rings (SSSR count). The Labute approximate surface area is 185 Å². The van der Waals surface area contributed by atoms with Crippen molar-refractivity contribution in [2.45, 2.75) is 25.3 Å². The molecule has 0 aliphatic rings. The van der Waals surface area contributed by atoms with Gasteiger partial charge in [-0.05, 0) is 61.9 Å². The summed E-state index contributed by atoms with van der Waals surface area (Å²) in [6, 6.07) is 15.0. The fraction of sp³-hybridized carbons (Fsp3) is 0.190. The van der Waals surface area contributed by atoms with Crippen molar-refractivity contribution in [1.29, 1.82) is 0 Å². The number of aryl methyl sites for hydroxylation is 2. The summed E-state index contributed by atoms with van der Waals surface area (Å²) in [5.41, 5.74) is 2.28. The van der Waals surface area contributed by atoms with Crippen molar-refractivity contribution in [3.63, 3.8) is 0 Å². The largest absolute Gasteiger partial charge is 0.497 e. The molecule has 0 saturated carbocycles. The molecule has 0 spiro atoms. The lowest BCUT2D eigenvalue weighted by molar-refractivity contribution is 0.414. The molecule has 0 aliphatic heterocycles. The van der Waals surface area contributed by atoms with E-state index in [9.17, 15) is 8.42 Å². The number of aromatic nitrogens is 4. The molecule has 2 heterocycles. The van der Waals surface area contributed by atoms with E-state index in [1.807, 2.05) is 26.0 Å². The minimum absolute atomic E-state index is 0.0110. The molecule has 10 heteroatoms. The second kappa shape index (κ2) is 8.16. The lowest BCUT2D eigenvalue weighted by Crippen LogP contribution is -2.31. The maximum atomic E-state index is 13.6. The van der Waals surface area contributed by atoms with Crippen LogP contribution >= 0.6 is 11.6 Å². The molecule has 31 heavy (non-hydrogen) atoms. The summed E-state index contributed by atoms with van der Waals surface area (Å²) in [7, 11) is -2.43. The van der Waals surface area contributed by atoms with Gasteiger partial charge >= 0.3 is 0 Å². The maximum Gasteiger partial charge on any atom is 0.267 e. The maximum absolute atomic E-state index is 13.6. The van der Waals surface area contributed by atoms with Crippen LogP contribution in [-0.2, 0) is 16.6 Å². The van der Waals surface area contributed by atoms with Crippen molar-refractivity contribution >= 4 is 33.4 Å². The van der Waals surface area contributed by atoms with Gasteiger partial charge in [-0.25, -0.2) is 17.7 Å². The molecule has 0 atom stereocenters. The zero-order valence-electron chi connectivity index (χ0n) is 17.2. The summed E-state index contributed by atoms with van der Waals surface area (Å²) in [6.45, 7) is 3.72. The number of hydrogen-bond acceptors (Lipinski definition) is 6. The van der Waals surface area contributed by atoms with Crippen molar-refractivity contribution in [1.82, 2.24) is 19.6 Å². The summed E-state index contributed by atoms with van der Waals surface area (Å²) in [4.78, 5) is 8.87. The number of hydrogen-bond donors (Lipinski definition) is 0. The third-order valence-electron chi connectivity index (χ3n) is 4.69. The van der Waals surface area contributed by atoms with Crippen LogP contribution in [-0.4, -0.2) is 35.1 Å². The zero-order chi connectivity index (χ0) is 22.2. The smallest absolute Gasteiger partial charge is 0.267 e. The molecule has 4 aromatic rings. The number of ether oxygens (including phenoxy) is 1. The SMILES string of the molecule is COc1cccc(CN(c2nc3nc(C)cc(C)n3n2)S(=O)(=O)c2ccc(Cl)cc2)c1. The van der Waals surface area contributed by atoms with Crippen LogP contribution in [0.1, 0.15) is 17.0 Å². The highest BCUT2D eigenvalue weighted by molar-refractivity contribution is 7.92. The number of anilines is 1. The van der Waals surface area contributed by atoms with Gasteiger partial charge in [0, 0.05) is 16.4 Å². The Balaban J connectivity index is 1.86. The summed E-state index contributed by atoms with van der Waals surface area (Å²) >= 11 is 5.95. The average molecular weight is 458 g/mol. The van der Waals surface area contributed by atoms with E-state index in [0.717, 1.165) is 21.3 Å². The van der Waals surface area contributed by atoms with E-state index in [0.29, 0.717) is 16.5 Å². The molecule has 0 saturated heterocycles. The van der Waals surface area contributed by atoms with Crippen LogP contribution in [0, 0.1) is 13.8 Å². The van der Waals surface area contributed by atoms with E-state index in [1.165, 1.54) is 28.8 Å². The van der Waals surface area contributed by atoms with E-state index >= 15 is 0 Å². The van der Waals surface area contributed by atoms with E-state index in [-0.39, 0.29) is 17.4 Å². The molecule has 2 aromatic carbocycles. The van der Waals surface area contributed by atoms with Crippen molar-refractivity contribution in [3.8, 4) is 5.75 Å². The first kappa shape index (κ1) is 21.1. The monoisotopic (exact) mass is 457 g/mol. The van der Waals surface area contributed by atoms with Gasteiger partial charge in [0.1, 0.15) is 5.75 Å². The van der Waals surface area contributed by atoms with Crippen LogP contribution in [0.25, 0.3) is 5.78 Å². The molecular formula is C21H20ClN5O3S. The van der Waals surface area contributed by atoms with Crippen molar-refractivity contribution in [2.75, 3.05) is 11.4 Å². The molecule has 0 amide bonds. The van der Waals surface area contributed by atoms with Gasteiger partial charge in [0.05, 0.1) is 18.6 Å². The van der Waals surface area contributed by atoms with Crippen molar-refractivity contribution in [2.24, 2.45) is 0 Å². The summed E-state index contributed by atoms with van der Waals surface area (Å²) in [5, 5.41) is 4.88. The fourth-order valence-electron chi connectivity index (χ4n) is 3.20.